The van der Waals surface area contributed by atoms with E-state index in [1.165, 1.54) is 17.7 Å². The number of piperidine rings is 1. The number of hydrogen-bond acceptors (Lipinski definition) is 4. The minimum atomic E-state index is -0.342. The Labute approximate surface area is 157 Å². The van der Waals surface area contributed by atoms with Crippen molar-refractivity contribution in [1.29, 1.82) is 0 Å². The molecule has 1 atom stereocenters. The SMILES string of the molecule is C[C@H](c1ccncc1)N1CCC(NC(=O)c2cc3cc(F)ccc3o2)CC1. The van der Waals surface area contributed by atoms with Gasteiger partial charge in [-0.2, -0.15) is 0 Å². The van der Waals surface area contributed by atoms with Crippen LogP contribution in [0.3, 0.4) is 0 Å². The molecule has 3 heterocycles. The number of halogens is 1. The first-order valence-corrected chi connectivity index (χ1v) is 9.24. The van der Waals surface area contributed by atoms with Crippen LogP contribution in [0, 0.1) is 5.82 Å². The molecule has 1 fully saturated rings. The second-order valence-electron chi connectivity index (χ2n) is 7.03. The number of fused-ring (bicyclic) bond motifs is 1. The average molecular weight is 367 g/mol. The van der Waals surface area contributed by atoms with Crippen LogP contribution in [0.5, 0.6) is 0 Å². The third-order valence-electron chi connectivity index (χ3n) is 5.30. The topological polar surface area (TPSA) is 58.4 Å². The Morgan fingerprint density at radius 2 is 1.96 bits per heavy atom. The van der Waals surface area contributed by atoms with E-state index in [0.717, 1.165) is 25.9 Å². The summed E-state index contributed by atoms with van der Waals surface area (Å²) >= 11 is 0. The number of nitrogens with zero attached hydrogens (tertiary/aromatic N) is 2. The molecule has 1 N–H and O–H groups in total. The first kappa shape index (κ1) is 17.7. The summed E-state index contributed by atoms with van der Waals surface area (Å²) < 4.78 is 18.8. The molecule has 0 saturated carbocycles. The van der Waals surface area contributed by atoms with E-state index in [2.05, 4.69) is 22.1 Å². The van der Waals surface area contributed by atoms with Crippen molar-refractivity contribution in [2.45, 2.75) is 31.8 Å². The molecule has 1 aromatic carbocycles. The predicted molar refractivity (Wildman–Crippen MR) is 101 cm³/mol. The van der Waals surface area contributed by atoms with Gasteiger partial charge in [-0.05, 0) is 61.7 Å². The van der Waals surface area contributed by atoms with Crippen LogP contribution in [0.15, 0.2) is 53.2 Å². The Kier molecular flexibility index (Phi) is 4.90. The van der Waals surface area contributed by atoms with E-state index >= 15 is 0 Å². The van der Waals surface area contributed by atoms with Gasteiger partial charge >= 0.3 is 0 Å². The highest BCUT2D eigenvalue weighted by atomic mass is 19.1. The van der Waals surface area contributed by atoms with Gasteiger partial charge in [0.05, 0.1) is 0 Å². The molecule has 140 valence electrons. The number of carbonyl (C=O) groups is 1. The predicted octanol–water partition coefficient (Wildman–Crippen LogP) is 3.92. The fourth-order valence-corrected chi connectivity index (χ4v) is 3.67. The largest absolute Gasteiger partial charge is 0.451 e. The molecular formula is C21H22FN3O2. The summed E-state index contributed by atoms with van der Waals surface area (Å²) in [5.74, 6) is -0.360. The number of likely N-dealkylation sites (tertiary alicyclic amines) is 1. The number of nitrogens with one attached hydrogen (secondary N) is 1. The minimum absolute atomic E-state index is 0.114. The van der Waals surface area contributed by atoms with Gasteiger partial charge in [0.1, 0.15) is 11.4 Å². The van der Waals surface area contributed by atoms with E-state index in [0.29, 0.717) is 17.0 Å². The fraction of sp³-hybridized carbons (Fsp3) is 0.333. The van der Waals surface area contributed by atoms with E-state index in [-0.39, 0.29) is 23.5 Å². The van der Waals surface area contributed by atoms with E-state index in [4.69, 9.17) is 4.42 Å². The molecule has 0 bridgehead atoms. The van der Waals surface area contributed by atoms with Crippen LogP contribution in [0.25, 0.3) is 11.0 Å². The van der Waals surface area contributed by atoms with Crippen LogP contribution in [0.4, 0.5) is 4.39 Å². The van der Waals surface area contributed by atoms with Gasteiger partial charge in [0, 0.05) is 43.0 Å². The number of hydrogen-bond donors (Lipinski definition) is 1. The molecule has 0 aliphatic carbocycles. The maximum absolute atomic E-state index is 13.3. The lowest BCUT2D eigenvalue weighted by atomic mass is 10.0. The zero-order valence-electron chi connectivity index (χ0n) is 15.2. The van der Waals surface area contributed by atoms with Gasteiger partial charge in [-0.25, -0.2) is 4.39 Å². The molecule has 1 aliphatic rings. The lowest BCUT2D eigenvalue weighted by Gasteiger charge is -2.36. The highest BCUT2D eigenvalue weighted by Gasteiger charge is 2.25. The zero-order valence-corrected chi connectivity index (χ0v) is 15.2. The first-order chi connectivity index (χ1) is 13.1. The molecule has 0 radical (unpaired) electrons. The smallest absolute Gasteiger partial charge is 0.287 e. The molecule has 5 nitrogen and oxygen atoms in total. The lowest BCUT2D eigenvalue weighted by Crippen LogP contribution is -2.45. The van der Waals surface area contributed by atoms with E-state index < -0.39 is 0 Å². The second-order valence-corrected chi connectivity index (χ2v) is 7.03. The summed E-state index contributed by atoms with van der Waals surface area (Å²) in [5.41, 5.74) is 1.77. The van der Waals surface area contributed by atoms with Gasteiger partial charge < -0.3 is 9.73 Å². The molecule has 1 saturated heterocycles. The van der Waals surface area contributed by atoms with E-state index in [1.807, 2.05) is 24.5 Å². The molecule has 1 amide bonds. The monoisotopic (exact) mass is 367 g/mol. The van der Waals surface area contributed by atoms with Crippen LogP contribution in [0.2, 0.25) is 0 Å². The summed E-state index contributed by atoms with van der Waals surface area (Å²) in [6, 6.07) is 10.4. The van der Waals surface area contributed by atoms with Crippen LogP contribution < -0.4 is 5.32 Å². The number of pyridine rings is 1. The number of amides is 1. The van der Waals surface area contributed by atoms with Gasteiger partial charge in [0.15, 0.2) is 5.76 Å². The molecule has 0 unspecified atom stereocenters. The molecule has 2 aromatic heterocycles. The minimum Gasteiger partial charge on any atom is -0.451 e. The highest BCUT2D eigenvalue weighted by Crippen LogP contribution is 2.24. The Hall–Kier alpha value is -2.73. The van der Waals surface area contributed by atoms with Gasteiger partial charge in [0.25, 0.3) is 5.91 Å². The zero-order chi connectivity index (χ0) is 18.8. The number of aromatic nitrogens is 1. The summed E-state index contributed by atoms with van der Waals surface area (Å²) in [7, 11) is 0. The van der Waals surface area contributed by atoms with Gasteiger partial charge in [-0.3, -0.25) is 14.7 Å². The van der Waals surface area contributed by atoms with Crippen molar-refractivity contribution in [2.75, 3.05) is 13.1 Å². The quantitative estimate of drug-likeness (QED) is 0.759. The summed E-state index contributed by atoms with van der Waals surface area (Å²) in [4.78, 5) is 19.0. The van der Waals surface area contributed by atoms with E-state index in [9.17, 15) is 9.18 Å². The lowest BCUT2D eigenvalue weighted by molar-refractivity contribution is 0.0871. The van der Waals surface area contributed by atoms with Crippen molar-refractivity contribution in [3.05, 3.63) is 65.9 Å². The summed E-state index contributed by atoms with van der Waals surface area (Å²) in [5, 5.41) is 3.65. The standard InChI is InChI=1S/C21H22FN3O2/c1-14(15-4-8-23-9-5-15)25-10-6-18(7-11-25)24-21(26)20-13-16-12-17(22)2-3-19(16)27-20/h2-5,8-9,12-14,18H,6-7,10-11H2,1H3,(H,24,26)/t14-/m1/s1. The van der Waals surface area contributed by atoms with Crippen LogP contribution in [-0.4, -0.2) is 34.9 Å². The number of benzene rings is 1. The van der Waals surface area contributed by atoms with Gasteiger partial charge in [0.2, 0.25) is 0 Å². The molecule has 6 heteroatoms. The molecule has 0 spiro atoms. The fourth-order valence-electron chi connectivity index (χ4n) is 3.67. The van der Waals surface area contributed by atoms with Crippen molar-refractivity contribution in [2.24, 2.45) is 0 Å². The second kappa shape index (κ2) is 7.48. The first-order valence-electron chi connectivity index (χ1n) is 9.24. The maximum atomic E-state index is 13.3. The molecular weight excluding hydrogens is 345 g/mol. The molecule has 1 aliphatic heterocycles. The van der Waals surface area contributed by atoms with Crippen molar-refractivity contribution >= 4 is 16.9 Å². The average Bonchev–Trinajstić information content (AvgIpc) is 3.12. The van der Waals surface area contributed by atoms with Crippen molar-refractivity contribution in [3.8, 4) is 0 Å². The van der Waals surface area contributed by atoms with Crippen molar-refractivity contribution in [1.82, 2.24) is 15.2 Å². The molecule has 27 heavy (non-hydrogen) atoms. The molecule has 3 aromatic rings. The van der Waals surface area contributed by atoms with Crippen LogP contribution >= 0.6 is 0 Å². The highest BCUT2D eigenvalue weighted by molar-refractivity contribution is 5.96. The summed E-state index contributed by atoms with van der Waals surface area (Å²) in [6.45, 7) is 4.03. The van der Waals surface area contributed by atoms with Gasteiger partial charge in [-0.15, -0.1) is 0 Å². The third kappa shape index (κ3) is 3.85. The number of furan rings is 1. The normalized spacial score (nSPS) is 17.1. The maximum Gasteiger partial charge on any atom is 0.287 e. The summed E-state index contributed by atoms with van der Waals surface area (Å²) in [6.07, 6.45) is 5.40. The Morgan fingerprint density at radius 1 is 1.22 bits per heavy atom. The Balaban J connectivity index is 1.35. The Bertz CT molecular complexity index is 933. The molecule has 4 rings (SSSR count). The third-order valence-corrected chi connectivity index (χ3v) is 5.30. The Morgan fingerprint density at radius 3 is 2.70 bits per heavy atom. The number of rotatable bonds is 4. The van der Waals surface area contributed by atoms with Crippen molar-refractivity contribution in [3.63, 3.8) is 0 Å². The van der Waals surface area contributed by atoms with Crippen LogP contribution in [-0.2, 0) is 0 Å². The van der Waals surface area contributed by atoms with E-state index in [1.54, 1.807) is 12.1 Å². The van der Waals surface area contributed by atoms with Gasteiger partial charge in [-0.1, -0.05) is 0 Å². The number of carbonyl (C=O) groups excluding carboxylic acids is 1. The van der Waals surface area contributed by atoms with Crippen molar-refractivity contribution < 1.29 is 13.6 Å². The van der Waals surface area contributed by atoms with Crippen LogP contribution in [0.1, 0.15) is 41.9 Å².